The second-order valence-electron chi connectivity index (χ2n) is 4.80. The summed E-state index contributed by atoms with van der Waals surface area (Å²) in [6, 6.07) is 0. The molecule has 0 aliphatic carbocycles. The lowest BCUT2D eigenvalue weighted by atomic mass is 10.0. The third kappa shape index (κ3) is 9.26. The zero-order chi connectivity index (χ0) is 11.0. The highest BCUT2D eigenvalue weighted by molar-refractivity contribution is 8.77. The third-order valence-electron chi connectivity index (χ3n) is 2.10. The molecule has 0 heterocycles. The lowest BCUT2D eigenvalue weighted by Crippen LogP contribution is -2.13. The quantitative estimate of drug-likeness (QED) is 0.400. The molecule has 0 radical (unpaired) electrons. The minimum Gasteiger partial charge on any atom is -0.0908 e. The van der Waals surface area contributed by atoms with Gasteiger partial charge in [0.15, 0.2) is 0 Å². The van der Waals surface area contributed by atoms with Gasteiger partial charge in [0.25, 0.3) is 0 Å². The van der Waals surface area contributed by atoms with Gasteiger partial charge in [0.1, 0.15) is 0 Å². The SMILES string of the molecule is CCCCCCC(C)(C)SSC(C)C. The zero-order valence-corrected chi connectivity index (χ0v) is 12.1. The van der Waals surface area contributed by atoms with E-state index < -0.39 is 0 Å². The predicted molar refractivity (Wildman–Crippen MR) is 73.2 cm³/mol. The highest BCUT2D eigenvalue weighted by Crippen LogP contribution is 2.41. The number of unbranched alkanes of at least 4 members (excludes halogenated alkanes) is 3. The van der Waals surface area contributed by atoms with E-state index in [0.717, 1.165) is 5.25 Å². The molecular weight excluding hydrogens is 208 g/mol. The summed E-state index contributed by atoms with van der Waals surface area (Å²) in [7, 11) is 4.08. The first-order chi connectivity index (χ1) is 6.48. The van der Waals surface area contributed by atoms with Crippen LogP contribution in [0.15, 0.2) is 0 Å². The van der Waals surface area contributed by atoms with Crippen molar-refractivity contribution in [1.82, 2.24) is 0 Å². The zero-order valence-electron chi connectivity index (χ0n) is 10.4. The van der Waals surface area contributed by atoms with Crippen LogP contribution >= 0.6 is 21.6 Å². The molecule has 0 rings (SSSR count). The van der Waals surface area contributed by atoms with E-state index in [1.54, 1.807) is 0 Å². The van der Waals surface area contributed by atoms with Gasteiger partial charge in [0, 0.05) is 10.00 Å². The molecule has 0 aliphatic heterocycles. The van der Waals surface area contributed by atoms with E-state index in [1.165, 1.54) is 32.1 Å². The molecule has 0 spiro atoms. The van der Waals surface area contributed by atoms with Gasteiger partial charge in [0.2, 0.25) is 0 Å². The van der Waals surface area contributed by atoms with Crippen LogP contribution in [-0.4, -0.2) is 10.00 Å². The standard InChI is InChI=1S/C12H26S2/c1-6-7-8-9-10-12(4,5)14-13-11(2)3/h11H,6-10H2,1-5H3. The molecule has 0 aromatic heterocycles. The highest BCUT2D eigenvalue weighted by Gasteiger charge is 2.18. The molecule has 0 fully saturated rings. The third-order valence-corrected chi connectivity index (χ3v) is 6.03. The van der Waals surface area contributed by atoms with Crippen LogP contribution in [0.1, 0.15) is 66.7 Å². The minimum atomic E-state index is 0.461. The molecule has 2 heteroatoms. The number of hydrogen-bond donors (Lipinski definition) is 0. The Balaban J connectivity index is 3.50. The summed E-state index contributed by atoms with van der Waals surface area (Å²) in [5, 5.41) is 0.745. The van der Waals surface area contributed by atoms with Crippen molar-refractivity contribution in [3.05, 3.63) is 0 Å². The maximum absolute atomic E-state index is 2.37. The Morgan fingerprint density at radius 3 is 2.21 bits per heavy atom. The summed E-state index contributed by atoms with van der Waals surface area (Å²) in [6.45, 7) is 11.6. The Hall–Kier alpha value is 0.700. The van der Waals surface area contributed by atoms with E-state index >= 15 is 0 Å². The topological polar surface area (TPSA) is 0 Å². The normalized spacial score (nSPS) is 12.4. The first-order valence-corrected chi connectivity index (χ1v) is 8.03. The lowest BCUT2D eigenvalue weighted by molar-refractivity contribution is 0.561. The van der Waals surface area contributed by atoms with Crippen LogP contribution in [-0.2, 0) is 0 Å². The molecule has 0 aromatic carbocycles. The Labute approximate surface area is 98.4 Å². The van der Waals surface area contributed by atoms with Crippen LogP contribution in [0.2, 0.25) is 0 Å². The van der Waals surface area contributed by atoms with E-state index in [-0.39, 0.29) is 0 Å². The highest BCUT2D eigenvalue weighted by atomic mass is 33.1. The molecule has 0 N–H and O–H groups in total. The average molecular weight is 234 g/mol. The van der Waals surface area contributed by atoms with Gasteiger partial charge in [-0.1, -0.05) is 68.0 Å². The fourth-order valence-corrected chi connectivity index (χ4v) is 3.54. The van der Waals surface area contributed by atoms with Gasteiger partial charge < -0.3 is 0 Å². The van der Waals surface area contributed by atoms with E-state index in [4.69, 9.17) is 0 Å². The maximum Gasteiger partial charge on any atom is 0.0207 e. The van der Waals surface area contributed by atoms with Crippen molar-refractivity contribution >= 4 is 21.6 Å². The summed E-state index contributed by atoms with van der Waals surface area (Å²) in [5.41, 5.74) is 0. The van der Waals surface area contributed by atoms with Crippen LogP contribution < -0.4 is 0 Å². The van der Waals surface area contributed by atoms with Crippen molar-refractivity contribution < 1.29 is 0 Å². The van der Waals surface area contributed by atoms with Crippen molar-refractivity contribution in [3.63, 3.8) is 0 Å². The molecule has 0 aliphatic rings. The molecule has 0 atom stereocenters. The van der Waals surface area contributed by atoms with Crippen LogP contribution in [0.5, 0.6) is 0 Å². The predicted octanol–water partition coefficient (Wildman–Crippen LogP) is 5.53. The minimum absolute atomic E-state index is 0.461. The van der Waals surface area contributed by atoms with Gasteiger partial charge in [-0.05, 0) is 20.3 Å². The van der Waals surface area contributed by atoms with Crippen molar-refractivity contribution in [1.29, 1.82) is 0 Å². The first kappa shape index (κ1) is 14.7. The summed E-state index contributed by atoms with van der Waals surface area (Å²) in [6.07, 6.45) is 6.91. The fraction of sp³-hybridized carbons (Fsp3) is 1.00. The van der Waals surface area contributed by atoms with Gasteiger partial charge in [0.05, 0.1) is 0 Å². The lowest BCUT2D eigenvalue weighted by Gasteiger charge is -2.24. The maximum atomic E-state index is 2.37. The monoisotopic (exact) mass is 234 g/mol. The molecule has 86 valence electrons. The molecular formula is C12H26S2. The van der Waals surface area contributed by atoms with Crippen LogP contribution in [0.3, 0.4) is 0 Å². The molecule has 14 heavy (non-hydrogen) atoms. The summed E-state index contributed by atoms with van der Waals surface area (Å²) in [4.78, 5) is 0. The molecule has 0 bridgehead atoms. The Kier molecular flexibility index (Phi) is 8.32. The Bertz CT molecular complexity index is 130. The van der Waals surface area contributed by atoms with Crippen LogP contribution in [0.25, 0.3) is 0 Å². The Morgan fingerprint density at radius 2 is 1.71 bits per heavy atom. The molecule has 0 aromatic rings. The second kappa shape index (κ2) is 7.92. The van der Waals surface area contributed by atoms with Crippen LogP contribution in [0, 0.1) is 0 Å². The molecule has 0 saturated heterocycles. The smallest absolute Gasteiger partial charge is 0.0207 e. The van der Waals surface area contributed by atoms with Crippen molar-refractivity contribution in [2.45, 2.75) is 76.7 Å². The van der Waals surface area contributed by atoms with E-state index in [1.807, 2.05) is 10.8 Å². The van der Waals surface area contributed by atoms with Crippen LogP contribution in [0.4, 0.5) is 0 Å². The fourth-order valence-electron chi connectivity index (χ4n) is 1.25. The van der Waals surface area contributed by atoms with Crippen molar-refractivity contribution in [3.8, 4) is 0 Å². The summed E-state index contributed by atoms with van der Waals surface area (Å²) >= 11 is 0. The van der Waals surface area contributed by atoms with E-state index in [0.29, 0.717) is 4.75 Å². The largest absolute Gasteiger partial charge is 0.0908 e. The second-order valence-corrected chi connectivity index (χ2v) is 8.28. The number of rotatable bonds is 8. The van der Waals surface area contributed by atoms with E-state index in [2.05, 4.69) is 45.4 Å². The summed E-state index contributed by atoms with van der Waals surface area (Å²) in [5.74, 6) is 0. The molecule has 0 amide bonds. The molecule has 0 saturated carbocycles. The van der Waals surface area contributed by atoms with Gasteiger partial charge in [-0.15, -0.1) is 0 Å². The number of hydrogen-bond acceptors (Lipinski definition) is 2. The average Bonchev–Trinajstić information content (AvgIpc) is 2.10. The van der Waals surface area contributed by atoms with Gasteiger partial charge in [-0.25, -0.2) is 0 Å². The Morgan fingerprint density at radius 1 is 1.07 bits per heavy atom. The van der Waals surface area contributed by atoms with Crippen molar-refractivity contribution in [2.24, 2.45) is 0 Å². The first-order valence-electron chi connectivity index (χ1n) is 5.82. The molecule has 0 nitrogen and oxygen atoms in total. The van der Waals surface area contributed by atoms with E-state index in [9.17, 15) is 0 Å². The molecule has 0 unspecified atom stereocenters. The van der Waals surface area contributed by atoms with Gasteiger partial charge >= 0.3 is 0 Å². The van der Waals surface area contributed by atoms with Gasteiger partial charge in [-0.2, -0.15) is 0 Å². The van der Waals surface area contributed by atoms with Crippen molar-refractivity contribution in [2.75, 3.05) is 0 Å². The van der Waals surface area contributed by atoms with Gasteiger partial charge in [-0.3, -0.25) is 0 Å². The summed E-state index contributed by atoms with van der Waals surface area (Å²) < 4.78 is 0.461.